The molecule has 0 bridgehead atoms. The molecule has 0 amide bonds. The Morgan fingerprint density at radius 1 is 1.38 bits per heavy atom. The standard InChI is InChI=1S/C15H23N/c1-3-12(2)16-11-14-9-6-8-13-7-4-5-10-15(13)14/h4-5,7,10,12,14,16H,3,6,8-9,11H2,1-2H3. The summed E-state index contributed by atoms with van der Waals surface area (Å²) in [5, 5.41) is 3.64. The summed E-state index contributed by atoms with van der Waals surface area (Å²) < 4.78 is 0. The van der Waals surface area contributed by atoms with Crippen LogP contribution in [0.4, 0.5) is 0 Å². The molecule has 0 aromatic heterocycles. The predicted octanol–water partition coefficient (Wildman–Crippen LogP) is 3.49. The van der Waals surface area contributed by atoms with Crippen molar-refractivity contribution in [1.29, 1.82) is 0 Å². The van der Waals surface area contributed by atoms with Gasteiger partial charge < -0.3 is 5.32 Å². The molecule has 88 valence electrons. The minimum Gasteiger partial charge on any atom is -0.314 e. The summed E-state index contributed by atoms with van der Waals surface area (Å²) in [5.41, 5.74) is 3.16. The third kappa shape index (κ3) is 2.65. The maximum atomic E-state index is 3.64. The van der Waals surface area contributed by atoms with Crippen LogP contribution < -0.4 is 5.32 Å². The van der Waals surface area contributed by atoms with Gasteiger partial charge in [0.1, 0.15) is 0 Å². The zero-order valence-corrected chi connectivity index (χ0v) is 10.5. The first-order valence-electron chi connectivity index (χ1n) is 6.62. The molecule has 0 saturated heterocycles. The van der Waals surface area contributed by atoms with E-state index in [9.17, 15) is 0 Å². The molecule has 0 radical (unpaired) electrons. The molecule has 0 spiro atoms. The molecule has 0 fully saturated rings. The van der Waals surface area contributed by atoms with E-state index < -0.39 is 0 Å². The minimum absolute atomic E-state index is 0.647. The Labute approximate surface area is 99.3 Å². The number of hydrogen-bond donors (Lipinski definition) is 1. The summed E-state index contributed by atoms with van der Waals surface area (Å²) in [4.78, 5) is 0. The Morgan fingerprint density at radius 3 is 3.00 bits per heavy atom. The van der Waals surface area contributed by atoms with Crippen molar-refractivity contribution < 1.29 is 0 Å². The van der Waals surface area contributed by atoms with Gasteiger partial charge in [-0.05, 0) is 49.7 Å². The number of hydrogen-bond acceptors (Lipinski definition) is 1. The maximum absolute atomic E-state index is 3.64. The molecule has 0 heterocycles. The molecule has 1 aliphatic rings. The largest absolute Gasteiger partial charge is 0.314 e. The van der Waals surface area contributed by atoms with E-state index in [1.165, 1.54) is 25.7 Å². The van der Waals surface area contributed by atoms with Gasteiger partial charge >= 0.3 is 0 Å². The van der Waals surface area contributed by atoms with Gasteiger partial charge in [-0.15, -0.1) is 0 Å². The average Bonchev–Trinajstić information content (AvgIpc) is 2.35. The predicted molar refractivity (Wildman–Crippen MR) is 69.9 cm³/mol. The van der Waals surface area contributed by atoms with Gasteiger partial charge in [0.15, 0.2) is 0 Å². The number of rotatable bonds is 4. The highest BCUT2D eigenvalue weighted by atomic mass is 14.9. The van der Waals surface area contributed by atoms with E-state index in [1.807, 2.05) is 0 Å². The van der Waals surface area contributed by atoms with E-state index in [0.717, 1.165) is 12.5 Å². The third-order valence-electron chi connectivity index (χ3n) is 3.82. The van der Waals surface area contributed by atoms with Crippen LogP contribution in [0.15, 0.2) is 24.3 Å². The lowest BCUT2D eigenvalue weighted by molar-refractivity contribution is 0.459. The molecule has 2 unspecified atom stereocenters. The maximum Gasteiger partial charge on any atom is 0.00363 e. The average molecular weight is 217 g/mol. The van der Waals surface area contributed by atoms with Crippen molar-refractivity contribution in [2.75, 3.05) is 6.54 Å². The van der Waals surface area contributed by atoms with Crippen molar-refractivity contribution in [1.82, 2.24) is 5.32 Å². The minimum atomic E-state index is 0.647. The van der Waals surface area contributed by atoms with Crippen molar-refractivity contribution in [3.63, 3.8) is 0 Å². The van der Waals surface area contributed by atoms with Crippen molar-refractivity contribution in [3.05, 3.63) is 35.4 Å². The summed E-state index contributed by atoms with van der Waals surface area (Å²) in [5.74, 6) is 0.735. The van der Waals surface area contributed by atoms with Crippen molar-refractivity contribution in [3.8, 4) is 0 Å². The monoisotopic (exact) mass is 217 g/mol. The number of benzene rings is 1. The fourth-order valence-electron chi connectivity index (χ4n) is 2.55. The van der Waals surface area contributed by atoms with Gasteiger partial charge in [-0.2, -0.15) is 0 Å². The van der Waals surface area contributed by atoms with Crippen LogP contribution in [-0.4, -0.2) is 12.6 Å². The SMILES string of the molecule is CCC(C)NCC1CCCc2ccccc21. The molecule has 1 nitrogen and oxygen atoms in total. The van der Waals surface area contributed by atoms with Gasteiger partial charge in [0, 0.05) is 12.6 Å². The third-order valence-corrected chi connectivity index (χ3v) is 3.82. The molecule has 2 atom stereocenters. The van der Waals surface area contributed by atoms with E-state index in [2.05, 4.69) is 43.4 Å². The molecule has 1 aromatic carbocycles. The first kappa shape index (κ1) is 11.7. The zero-order chi connectivity index (χ0) is 11.4. The van der Waals surface area contributed by atoms with Gasteiger partial charge in [-0.3, -0.25) is 0 Å². The molecular weight excluding hydrogens is 194 g/mol. The second-order valence-electron chi connectivity index (χ2n) is 5.01. The van der Waals surface area contributed by atoms with E-state index >= 15 is 0 Å². The Balaban J connectivity index is 2.01. The lowest BCUT2D eigenvalue weighted by Gasteiger charge is -2.27. The normalized spacial score (nSPS) is 21.5. The Bertz CT molecular complexity index is 332. The zero-order valence-electron chi connectivity index (χ0n) is 10.5. The second-order valence-corrected chi connectivity index (χ2v) is 5.01. The lowest BCUT2D eigenvalue weighted by atomic mass is 9.83. The van der Waals surface area contributed by atoms with Crippen LogP contribution in [0.1, 0.15) is 50.2 Å². The van der Waals surface area contributed by atoms with Gasteiger partial charge in [0.2, 0.25) is 0 Å². The van der Waals surface area contributed by atoms with Crippen molar-refractivity contribution in [2.24, 2.45) is 0 Å². The van der Waals surface area contributed by atoms with Crippen LogP contribution in [0.25, 0.3) is 0 Å². The van der Waals surface area contributed by atoms with Crippen LogP contribution >= 0.6 is 0 Å². The van der Waals surface area contributed by atoms with Crippen LogP contribution in [0, 0.1) is 0 Å². The van der Waals surface area contributed by atoms with Gasteiger partial charge in [0.25, 0.3) is 0 Å². The highest BCUT2D eigenvalue weighted by Gasteiger charge is 2.19. The summed E-state index contributed by atoms with van der Waals surface area (Å²) >= 11 is 0. The van der Waals surface area contributed by atoms with Crippen molar-refractivity contribution >= 4 is 0 Å². The summed E-state index contributed by atoms with van der Waals surface area (Å²) in [6.45, 7) is 5.66. The number of fused-ring (bicyclic) bond motifs is 1. The fourth-order valence-corrected chi connectivity index (χ4v) is 2.55. The molecule has 1 heteroatoms. The first-order valence-corrected chi connectivity index (χ1v) is 6.62. The quantitative estimate of drug-likeness (QED) is 0.814. The molecule has 1 N–H and O–H groups in total. The molecule has 16 heavy (non-hydrogen) atoms. The van der Waals surface area contributed by atoms with Crippen LogP contribution in [0.3, 0.4) is 0 Å². The van der Waals surface area contributed by atoms with Crippen molar-refractivity contribution in [2.45, 2.75) is 51.5 Å². The summed E-state index contributed by atoms with van der Waals surface area (Å²) in [6.07, 6.45) is 5.19. The molecule has 2 rings (SSSR count). The number of aryl methyl sites for hydroxylation is 1. The Kier molecular flexibility index (Phi) is 4.00. The summed E-state index contributed by atoms with van der Waals surface area (Å²) in [6, 6.07) is 9.61. The van der Waals surface area contributed by atoms with Crippen LogP contribution in [0.5, 0.6) is 0 Å². The molecule has 0 aliphatic heterocycles. The van der Waals surface area contributed by atoms with Gasteiger partial charge in [0.05, 0.1) is 0 Å². The smallest absolute Gasteiger partial charge is 0.00363 e. The Morgan fingerprint density at radius 2 is 2.19 bits per heavy atom. The van der Waals surface area contributed by atoms with Gasteiger partial charge in [-0.1, -0.05) is 31.2 Å². The van der Waals surface area contributed by atoms with E-state index in [0.29, 0.717) is 6.04 Å². The van der Waals surface area contributed by atoms with E-state index in [4.69, 9.17) is 0 Å². The van der Waals surface area contributed by atoms with Crippen LogP contribution in [-0.2, 0) is 6.42 Å². The van der Waals surface area contributed by atoms with Crippen LogP contribution in [0.2, 0.25) is 0 Å². The Hall–Kier alpha value is -0.820. The molecule has 1 aliphatic carbocycles. The topological polar surface area (TPSA) is 12.0 Å². The van der Waals surface area contributed by atoms with Gasteiger partial charge in [-0.25, -0.2) is 0 Å². The fraction of sp³-hybridized carbons (Fsp3) is 0.600. The molecular formula is C15H23N. The highest BCUT2D eigenvalue weighted by Crippen LogP contribution is 2.30. The summed E-state index contributed by atoms with van der Waals surface area (Å²) in [7, 11) is 0. The highest BCUT2D eigenvalue weighted by molar-refractivity contribution is 5.32. The molecule has 0 saturated carbocycles. The first-order chi connectivity index (χ1) is 7.81. The van der Waals surface area contributed by atoms with E-state index in [1.54, 1.807) is 11.1 Å². The second kappa shape index (κ2) is 5.49. The van der Waals surface area contributed by atoms with E-state index in [-0.39, 0.29) is 0 Å². The molecule has 1 aromatic rings. The number of nitrogens with one attached hydrogen (secondary N) is 1. The lowest BCUT2D eigenvalue weighted by Crippen LogP contribution is -2.31.